The minimum atomic E-state index is -1.24. The number of methoxy groups -OCH3 is 1. The number of aromatic hydroxyl groups is 1. The summed E-state index contributed by atoms with van der Waals surface area (Å²) in [5.74, 6) is 11.4. The van der Waals surface area contributed by atoms with E-state index < -0.39 is 72.8 Å². The molecule has 3 saturated heterocycles. The zero-order valence-corrected chi connectivity index (χ0v) is 26.4. The molecular weight excluding hydrogens is 626 g/mol. The first-order chi connectivity index (χ1) is 23.0. The summed E-state index contributed by atoms with van der Waals surface area (Å²) in [6, 6.07) is 5.74. The van der Waals surface area contributed by atoms with Crippen LogP contribution in [0.1, 0.15) is 22.8 Å². The van der Waals surface area contributed by atoms with Crippen LogP contribution >= 0.6 is 0 Å². The number of carbonyl (C=O) groups excluding carboxylic acids is 2. The number of cyclic esters (lactones) is 2. The lowest BCUT2D eigenvalue weighted by atomic mass is 9.97. The Kier molecular flexibility index (Phi) is 8.08. The Balaban J connectivity index is 1.27. The number of allylic oxidation sites excluding steroid dienone is 1. The monoisotopic (exact) mass is 659 g/mol. The van der Waals surface area contributed by atoms with Crippen LogP contribution in [0.3, 0.4) is 0 Å². The van der Waals surface area contributed by atoms with E-state index in [1.165, 1.54) is 13.2 Å². The number of ether oxygens (including phenoxy) is 7. The van der Waals surface area contributed by atoms with Crippen molar-refractivity contribution < 1.29 is 58.1 Å². The number of aliphatic hydroxyl groups is 2. The van der Waals surface area contributed by atoms with E-state index in [0.29, 0.717) is 22.3 Å². The van der Waals surface area contributed by atoms with Crippen LogP contribution in [0.4, 0.5) is 4.79 Å². The third-order valence-corrected chi connectivity index (χ3v) is 9.23. The number of phenolic OH excluding ortho intramolecular Hbond substituents is 1. The smallest absolute Gasteiger partial charge is 0.507 e. The zero-order valence-electron chi connectivity index (χ0n) is 26.4. The third-order valence-electron chi connectivity index (χ3n) is 9.23. The molecule has 3 fully saturated rings. The Hall–Kier alpha value is -4.60. The molecule has 2 aromatic carbocycles. The van der Waals surface area contributed by atoms with E-state index in [4.69, 9.17) is 33.2 Å². The fraction of sp³-hybridized carbons (Fsp3) is 0.429. The lowest BCUT2D eigenvalue weighted by Crippen LogP contribution is -2.62. The maximum atomic E-state index is 14.0. The molecule has 250 valence electrons. The van der Waals surface area contributed by atoms with Crippen molar-refractivity contribution >= 4 is 22.9 Å². The van der Waals surface area contributed by atoms with Crippen LogP contribution in [-0.2, 0) is 28.4 Å². The Morgan fingerprint density at radius 2 is 1.98 bits per heavy atom. The molecule has 0 saturated carbocycles. The van der Waals surface area contributed by atoms with Gasteiger partial charge in [0.15, 0.2) is 24.6 Å². The molecule has 3 heterocycles. The number of fused-ring (bicyclic) bond motifs is 3. The zero-order chi connectivity index (χ0) is 33.9. The summed E-state index contributed by atoms with van der Waals surface area (Å²) in [6.45, 7) is 3.42. The summed E-state index contributed by atoms with van der Waals surface area (Å²) in [5, 5.41) is 36.3. The Morgan fingerprint density at radius 3 is 2.71 bits per heavy atom. The number of epoxide rings is 1. The van der Waals surface area contributed by atoms with Gasteiger partial charge in [-0.2, -0.15) is 0 Å². The van der Waals surface area contributed by atoms with Gasteiger partial charge in [0.25, 0.3) is 0 Å². The van der Waals surface area contributed by atoms with E-state index in [0.717, 1.165) is 10.9 Å². The molecule has 0 spiro atoms. The third kappa shape index (κ3) is 5.35. The van der Waals surface area contributed by atoms with Crippen LogP contribution < -0.4 is 10.1 Å². The number of benzene rings is 2. The number of likely N-dealkylation sites (N-methyl/N-ethyl adjacent to an activating group) is 1. The molecule has 2 aliphatic carbocycles. The first kappa shape index (κ1) is 32.0. The molecule has 0 radical (unpaired) electrons. The molecule has 0 bridgehead atoms. The molecule has 10 atom stereocenters. The number of aryl methyl sites for hydroxylation is 1. The van der Waals surface area contributed by atoms with Crippen LogP contribution in [0.2, 0.25) is 0 Å². The van der Waals surface area contributed by atoms with Gasteiger partial charge < -0.3 is 53.8 Å². The maximum absolute atomic E-state index is 14.0. The molecule has 48 heavy (non-hydrogen) atoms. The van der Waals surface area contributed by atoms with E-state index in [-0.39, 0.29) is 17.9 Å². The van der Waals surface area contributed by atoms with Crippen molar-refractivity contribution in [3.63, 3.8) is 0 Å². The summed E-state index contributed by atoms with van der Waals surface area (Å²) in [4.78, 5) is 25.7. The molecule has 0 aromatic heterocycles. The lowest BCUT2D eigenvalue weighted by Gasteiger charge is -2.42. The molecule has 0 amide bonds. The van der Waals surface area contributed by atoms with E-state index >= 15 is 0 Å². The lowest BCUT2D eigenvalue weighted by molar-refractivity contribution is -0.273. The van der Waals surface area contributed by atoms with Crippen LogP contribution in [0.5, 0.6) is 11.5 Å². The fourth-order valence-electron chi connectivity index (χ4n) is 6.50. The van der Waals surface area contributed by atoms with E-state index in [9.17, 15) is 24.9 Å². The molecule has 13 heteroatoms. The first-order valence-corrected chi connectivity index (χ1v) is 15.4. The molecule has 4 unspecified atom stereocenters. The highest BCUT2D eigenvalue weighted by Gasteiger charge is 2.65. The summed E-state index contributed by atoms with van der Waals surface area (Å²) < 4.78 is 40.0. The maximum Gasteiger partial charge on any atom is 0.508 e. The van der Waals surface area contributed by atoms with E-state index in [1.54, 1.807) is 38.3 Å². The van der Waals surface area contributed by atoms with Crippen LogP contribution in [-0.4, -0.2) is 109 Å². The minimum absolute atomic E-state index is 0.0490. The summed E-state index contributed by atoms with van der Waals surface area (Å²) in [7, 11) is 3.10. The second-order valence-corrected chi connectivity index (χ2v) is 12.1. The van der Waals surface area contributed by atoms with Crippen molar-refractivity contribution in [3.8, 4) is 35.2 Å². The van der Waals surface area contributed by atoms with Gasteiger partial charge in [0, 0.05) is 16.5 Å². The van der Waals surface area contributed by atoms with Gasteiger partial charge in [-0.05, 0) is 62.2 Å². The first-order valence-electron chi connectivity index (χ1n) is 15.4. The molecule has 13 nitrogen and oxygen atoms in total. The number of phenols is 1. The Bertz CT molecular complexity index is 1880. The van der Waals surface area contributed by atoms with Gasteiger partial charge in [-0.25, -0.2) is 9.59 Å². The van der Waals surface area contributed by atoms with Crippen molar-refractivity contribution in [2.45, 2.75) is 74.5 Å². The Morgan fingerprint density at radius 1 is 1.17 bits per heavy atom. The molecule has 7 rings (SSSR count). The quantitative estimate of drug-likeness (QED) is 0.191. The molecule has 5 aliphatic rings. The number of rotatable bonds is 7. The highest BCUT2D eigenvalue weighted by Crippen LogP contribution is 2.44. The number of aliphatic hydroxyl groups excluding tert-OH is 2. The minimum Gasteiger partial charge on any atom is -0.507 e. The predicted octanol–water partition coefficient (Wildman–Crippen LogP) is 1.39. The summed E-state index contributed by atoms with van der Waals surface area (Å²) >= 11 is 0. The van der Waals surface area contributed by atoms with Crippen molar-refractivity contribution in [1.29, 1.82) is 0 Å². The van der Waals surface area contributed by atoms with Crippen molar-refractivity contribution in [3.05, 3.63) is 58.7 Å². The average molecular weight is 660 g/mol. The fourth-order valence-corrected chi connectivity index (χ4v) is 6.50. The van der Waals surface area contributed by atoms with Gasteiger partial charge in [0.1, 0.15) is 42.0 Å². The number of esters is 1. The van der Waals surface area contributed by atoms with Crippen molar-refractivity contribution in [2.24, 2.45) is 0 Å². The van der Waals surface area contributed by atoms with Gasteiger partial charge in [0.05, 0.1) is 19.3 Å². The summed E-state index contributed by atoms with van der Waals surface area (Å²) in [5.41, 5.74) is 0.400. The van der Waals surface area contributed by atoms with Gasteiger partial charge in [0.2, 0.25) is 5.60 Å². The number of hydrogen-bond acceptors (Lipinski definition) is 13. The van der Waals surface area contributed by atoms with Gasteiger partial charge in [-0.15, -0.1) is 0 Å². The predicted molar refractivity (Wildman–Crippen MR) is 166 cm³/mol. The largest absolute Gasteiger partial charge is 0.508 e. The highest BCUT2D eigenvalue weighted by atomic mass is 16.8. The molecule has 3 aliphatic heterocycles. The van der Waals surface area contributed by atoms with Crippen LogP contribution in [0, 0.1) is 30.6 Å². The Labute approximate surface area is 275 Å². The van der Waals surface area contributed by atoms with Gasteiger partial charge in [-0.3, -0.25) is 0 Å². The van der Waals surface area contributed by atoms with Crippen molar-refractivity contribution in [2.75, 3.05) is 20.8 Å². The second-order valence-electron chi connectivity index (χ2n) is 12.1. The topological polar surface area (TPSA) is 175 Å². The van der Waals surface area contributed by atoms with Crippen molar-refractivity contribution in [1.82, 2.24) is 5.32 Å². The average Bonchev–Trinajstić information content (AvgIpc) is 3.39. The van der Waals surface area contributed by atoms with E-state index in [2.05, 4.69) is 29.0 Å². The highest BCUT2D eigenvalue weighted by molar-refractivity contribution is 6.08. The molecular formula is C35H33NO12. The van der Waals surface area contributed by atoms with Crippen LogP contribution in [0.25, 0.3) is 10.8 Å². The van der Waals surface area contributed by atoms with Crippen LogP contribution in [0.15, 0.2) is 47.6 Å². The number of hydrogen-bond donors (Lipinski definition) is 4. The van der Waals surface area contributed by atoms with Gasteiger partial charge in [-0.1, -0.05) is 29.7 Å². The summed E-state index contributed by atoms with van der Waals surface area (Å²) in [6.07, 6.45) is -5.56. The normalized spacial score (nSPS) is 35.7. The number of nitrogens with one attached hydrogen (secondary N) is 1. The SMILES string of the molecule is CNC1C(O[C@@H]2/C3=C/C#C[C@H]4O[C@@]4([C@H]4COC(=O)O4)C#CC3=C[C@H]2OC(=O)c2c(O)ccc3c(C)cc(OC)cc23)OC(C)[C@@H](O)C1O. The standard InChI is InChI=1S/C35H33NO12/c1-16-12-19(42-4)14-22-20(16)8-9-23(37)27(22)32(40)45-24-13-18-10-11-35(26-15-43-34(41)46-26)25(48-35)7-5-6-21(18)31(24)47-33-28(36-3)30(39)29(38)17(2)44-33/h6,8-9,12-14,17,24-26,28-31,33,36-39H,15H2,1-4H3/b21-6+/t17?,24-,25-,26-,28?,29-,30?,31-,33?,35+/m1/s1. The molecule has 4 N–H and O–H groups in total. The van der Waals surface area contributed by atoms with E-state index in [1.807, 2.05) is 13.0 Å². The van der Waals surface area contributed by atoms with Gasteiger partial charge >= 0.3 is 12.1 Å². The second kappa shape index (κ2) is 12.1. The molecule has 2 aromatic rings. The number of carbonyl (C=O) groups is 2.